The number of ether oxygens (including phenoxy) is 1. The van der Waals surface area contributed by atoms with E-state index in [1.807, 2.05) is 0 Å². The van der Waals surface area contributed by atoms with E-state index >= 15 is 0 Å². The SMILES string of the molecule is CCCCOCCNc1cc(F)c(Cl)cc1[N+](=O)[O-]. The van der Waals surface area contributed by atoms with E-state index in [1.165, 1.54) is 0 Å². The summed E-state index contributed by atoms with van der Waals surface area (Å²) in [7, 11) is 0. The first-order valence-electron chi connectivity index (χ1n) is 6.01. The van der Waals surface area contributed by atoms with Crippen LogP contribution >= 0.6 is 11.6 Å². The third kappa shape index (κ3) is 5.00. The average molecular weight is 291 g/mol. The number of hydrogen-bond donors (Lipinski definition) is 1. The maximum absolute atomic E-state index is 13.3. The van der Waals surface area contributed by atoms with Crippen molar-refractivity contribution in [3.63, 3.8) is 0 Å². The third-order valence-corrected chi connectivity index (χ3v) is 2.73. The summed E-state index contributed by atoms with van der Waals surface area (Å²) in [6.07, 6.45) is 2.01. The molecule has 0 amide bonds. The molecule has 0 fully saturated rings. The first-order chi connectivity index (χ1) is 9.06. The van der Waals surface area contributed by atoms with Gasteiger partial charge in [-0.1, -0.05) is 24.9 Å². The van der Waals surface area contributed by atoms with Crippen LogP contribution in [0.1, 0.15) is 19.8 Å². The van der Waals surface area contributed by atoms with Gasteiger partial charge in [-0.25, -0.2) is 4.39 Å². The molecule has 0 aromatic heterocycles. The van der Waals surface area contributed by atoms with Crippen molar-refractivity contribution in [2.24, 2.45) is 0 Å². The summed E-state index contributed by atoms with van der Waals surface area (Å²) in [6.45, 7) is 3.48. The van der Waals surface area contributed by atoms with Gasteiger partial charge >= 0.3 is 0 Å². The number of unbranched alkanes of at least 4 members (excludes halogenated alkanes) is 1. The van der Waals surface area contributed by atoms with Crippen molar-refractivity contribution >= 4 is 23.0 Å². The number of anilines is 1. The van der Waals surface area contributed by atoms with Crippen molar-refractivity contribution in [1.82, 2.24) is 0 Å². The number of rotatable bonds is 8. The summed E-state index contributed by atoms with van der Waals surface area (Å²) in [5.74, 6) is -0.693. The molecule has 0 saturated carbocycles. The highest BCUT2D eigenvalue weighted by atomic mass is 35.5. The Morgan fingerprint density at radius 1 is 1.47 bits per heavy atom. The predicted molar refractivity (Wildman–Crippen MR) is 72.3 cm³/mol. The third-order valence-electron chi connectivity index (χ3n) is 2.44. The number of hydrogen-bond acceptors (Lipinski definition) is 4. The highest BCUT2D eigenvalue weighted by Crippen LogP contribution is 2.30. The standard InChI is InChI=1S/C12H16ClFN2O3/c1-2-3-5-19-6-4-15-11-8-10(14)9(13)7-12(11)16(17)18/h7-8,15H,2-6H2,1H3. The molecule has 0 saturated heterocycles. The fourth-order valence-corrected chi connectivity index (χ4v) is 1.59. The van der Waals surface area contributed by atoms with Gasteiger partial charge in [0.2, 0.25) is 0 Å². The average Bonchev–Trinajstić information content (AvgIpc) is 2.37. The number of benzene rings is 1. The number of nitrogens with zero attached hydrogens (tertiary/aromatic N) is 1. The number of nitrogens with one attached hydrogen (secondary N) is 1. The quantitative estimate of drug-likeness (QED) is 0.451. The molecule has 0 aliphatic carbocycles. The van der Waals surface area contributed by atoms with Gasteiger partial charge in [0.25, 0.3) is 5.69 Å². The molecule has 0 aliphatic heterocycles. The summed E-state index contributed by atoms with van der Waals surface area (Å²) < 4.78 is 18.6. The molecule has 0 atom stereocenters. The normalized spacial score (nSPS) is 10.5. The first-order valence-corrected chi connectivity index (χ1v) is 6.39. The van der Waals surface area contributed by atoms with Crippen LogP contribution in [0.5, 0.6) is 0 Å². The molecule has 0 spiro atoms. The smallest absolute Gasteiger partial charge is 0.294 e. The number of nitro groups is 1. The zero-order valence-corrected chi connectivity index (χ0v) is 11.4. The molecule has 0 aliphatic rings. The van der Waals surface area contributed by atoms with E-state index in [0.717, 1.165) is 25.0 Å². The molecule has 1 aromatic carbocycles. The zero-order valence-electron chi connectivity index (χ0n) is 10.6. The highest BCUT2D eigenvalue weighted by molar-refractivity contribution is 6.31. The van der Waals surface area contributed by atoms with Crippen molar-refractivity contribution in [1.29, 1.82) is 0 Å². The fraction of sp³-hybridized carbons (Fsp3) is 0.500. The van der Waals surface area contributed by atoms with E-state index in [-0.39, 0.29) is 16.4 Å². The van der Waals surface area contributed by atoms with Gasteiger partial charge in [-0.05, 0) is 6.42 Å². The second-order valence-electron chi connectivity index (χ2n) is 3.93. The minimum absolute atomic E-state index is 0.103. The van der Waals surface area contributed by atoms with E-state index in [4.69, 9.17) is 16.3 Å². The maximum Gasteiger partial charge on any atom is 0.294 e. The van der Waals surface area contributed by atoms with E-state index < -0.39 is 10.7 Å². The summed E-state index contributed by atoms with van der Waals surface area (Å²) >= 11 is 5.52. The molecular formula is C12H16ClFN2O3. The van der Waals surface area contributed by atoms with Gasteiger partial charge < -0.3 is 10.1 Å². The van der Waals surface area contributed by atoms with Gasteiger partial charge in [0.15, 0.2) is 0 Å². The van der Waals surface area contributed by atoms with Gasteiger partial charge in [-0.15, -0.1) is 0 Å². The molecule has 1 N–H and O–H groups in total. The lowest BCUT2D eigenvalue weighted by molar-refractivity contribution is -0.384. The second kappa shape index (κ2) is 7.91. The van der Waals surface area contributed by atoms with Gasteiger partial charge in [-0.2, -0.15) is 0 Å². The fourth-order valence-electron chi connectivity index (χ4n) is 1.44. The van der Waals surface area contributed by atoms with Crippen molar-refractivity contribution < 1.29 is 14.1 Å². The molecule has 0 bridgehead atoms. The van der Waals surface area contributed by atoms with Crippen LogP contribution < -0.4 is 5.32 Å². The lowest BCUT2D eigenvalue weighted by Crippen LogP contribution is -2.11. The van der Waals surface area contributed by atoms with Crippen LogP contribution in [-0.2, 0) is 4.74 Å². The largest absolute Gasteiger partial charge is 0.380 e. The van der Waals surface area contributed by atoms with Crippen molar-refractivity contribution in [3.8, 4) is 0 Å². The Kier molecular flexibility index (Phi) is 6.52. The van der Waals surface area contributed by atoms with Crippen molar-refractivity contribution in [3.05, 3.63) is 33.1 Å². The van der Waals surface area contributed by atoms with Crippen LogP contribution in [-0.4, -0.2) is 24.7 Å². The topological polar surface area (TPSA) is 64.4 Å². The molecule has 106 valence electrons. The molecular weight excluding hydrogens is 275 g/mol. The van der Waals surface area contributed by atoms with Crippen LogP contribution in [0, 0.1) is 15.9 Å². The van der Waals surface area contributed by atoms with Crippen LogP contribution in [0.2, 0.25) is 5.02 Å². The molecule has 7 heteroatoms. The first kappa shape index (κ1) is 15.7. The van der Waals surface area contributed by atoms with E-state index in [9.17, 15) is 14.5 Å². The summed E-state index contributed by atoms with van der Waals surface area (Å²) in [4.78, 5) is 10.2. The van der Waals surface area contributed by atoms with Crippen LogP contribution in [0.4, 0.5) is 15.8 Å². The van der Waals surface area contributed by atoms with Gasteiger partial charge in [-0.3, -0.25) is 10.1 Å². The minimum Gasteiger partial charge on any atom is -0.380 e. The van der Waals surface area contributed by atoms with Crippen molar-refractivity contribution in [2.75, 3.05) is 25.1 Å². The molecule has 1 aromatic rings. The van der Waals surface area contributed by atoms with Crippen LogP contribution in [0.25, 0.3) is 0 Å². The molecule has 1 rings (SSSR count). The summed E-state index contributed by atoms with van der Waals surface area (Å²) in [5, 5.41) is 13.3. The monoisotopic (exact) mass is 290 g/mol. The predicted octanol–water partition coefficient (Wildman–Crippen LogP) is 3.62. The highest BCUT2D eigenvalue weighted by Gasteiger charge is 2.17. The zero-order chi connectivity index (χ0) is 14.3. The Balaban J connectivity index is 2.57. The van der Waals surface area contributed by atoms with Crippen molar-refractivity contribution in [2.45, 2.75) is 19.8 Å². The van der Waals surface area contributed by atoms with E-state index in [0.29, 0.717) is 19.8 Å². The number of nitro benzene ring substituents is 1. The van der Waals surface area contributed by atoms with Crippen LogP contribution in [0.15, 0.2) is 12.1 Å². The summed E-state index contributed by atoms with van der Waals surface area (Å²) in [6, 6.07) is 2.02. The minimum atomic E-state index is -0.693. The van der Waals surface area contributed by atoms with Gasteiger partial charge in [0.1, 0.15) is 11.5 Å². The molecule has 19 heavy (non-hydrogen) atoms. The Bertz CT molecular complexity index is 443. The molecule has 5 nitrogen and oxygen atoms in total. The Morgan fingerprint density at radius 2 is 2.21 bits per heavy atom. The Morgan fingerprint density at radius 3 is 2.84 bits per heavy atom. The maximum atomic E-state index is 13.3. The Hall–Kier alpha value is -1.40. The van der Waals surface area contributed by atoms with Crippen LogP contribution in [0.3, 0.4) is 0 Å². The van der Waals surface area contributed by atoms with Gasteiger partial charge in [0.05, 0.1) is 16.6 Å². The second-order valence-corrected chi connectivity index (χ2v) is 4.34. The number of halogens is 2. The summed E-state index contributed by atoms with van der Waals surface area (Å²) in [5.41, 5.74) is -0.147. The van der Waals surface area contributed by atoms with E-state index in [2.05, 4.69) is 12.2 Å². The van der Waals surface area contributed by atoms with Gasteiger partial charge in [0, 0.05) is 25.3 Å². The van der Waals surface area contributed by atoms with E-state index in [1.54, 1.807) is 0 Å². The molecule has 0 radical (unpaired) electrons. The Labute approximate surface area is 115 Å². The molecule has 0 unspecified atom stereocenters. The lowest BCUT2D eigenvalue weighted by atomic mass is 10.2. The lowest BCUT2D eigenvalue weighted by Gasteiger charge is -2.08. The molecule has 0 heterocycles.